The molecule has 2 aromatic carbocycles. The van der Waals surface area contributed by atoms with Crippen molar-refractivity contribution in [2.24, 2.45) is 0 Å². The van der Waals surface area contributed by atoms with Gasteiger partial charge in [0.15, 0.2) is 9.84 Å². The Morgan fingerprint density at radius 2 is 1.62 bits per heavy atom. The van der Waals surface area contributed by atoms with Crippen LogP contribution < -0.4 is 0 Å². The van der Waals surface area contributed by atoms with Crippen LogP contribution in [0.2, 0.25) is 0 Å². The van der Waals surface area contributed by atoms with Crippen molar-refractivity contribution in [3.8, 4) is 22.4 Å². The lowest BCUT2D eigenvalue weighted by molar-refractivity contribution is 0.113. The van der Waals surface area contributed by atoms with Crippen LogP contribution in [-0.2, 0) is 9.84 Å². The fourth-order valence-electron chi connectivity index (χ4n) is 2.50. The summed E-state index contributed by atoms with van der Waals surface area (Å²) < 4.78 is 55.7. The van der Waals surface area contributed by atoms with E-state index in [-0.39, 0.29) is 21.7 Å². The number of hydrogen-bond donors (Lipinski definition) is 0. The predicted octanol–water partition coefficient (Wildman–Crippen LogP) is 4.35. The van der Waals surface area contributed by atoms with Gasteiger partial charge in [-0.3, -0.25) is 0 Å². The maximum atomic E-state index is 13.4. The van der Waals surface area contributed by atoms with E-state index in [2.05, 4.69) is 5.16 Å². The second kappa shape index (κ2) is 6.16. The van der Waals surface area contributed by atoms with Gasteiger partial charge in [0.2, 0.25) is 5.76 Å². The Kier molecular flexibility index (Phi) is 4.19. The number of rotatable bonds is 4. The third kappa shape index (κ3) is 2.94. The molecule has 0 atom stereocenters. The highest BCUT2D eigenvalue weighted by Gasteiger charge is 2.28. The van der Waals surface area contributed by atoms with Crippen LogP contribution >= 0.6 is 0 Å². The second-order valence-electron chi connectivity index (χ2n) is 5.21. The van der Waals surface area contributed by atoms with E-state index in [4.69, 9.17) is 4.52 Å². The van der Waals surface area contributed by atoms with Gasteiger partial charge in [0.05, 0.1) is 10.5 Å². The van der Waals surface area contributed by atoms with Gasteiger partial charge < -0.3 is 4.52 Å². The highest BCUT2D eigenvalue weighted by Crippen LogP contribution is 2.41. The van der Waals surface area contributed by atoms with Gasteiger partial charge in [0, 0.05) is 17.4 Å². The third-order valence-corrected chi connectivity index (χ3v) is 4.67. The van der Waals surface area contributed by atoms with E-state index in [1.807, 2.05) is 0 Å². The molecule has 0 N–H and O–H groups in total. The largest absolute Gasteiger partial charge is 0.354 e. The lowest BCUT2D eigenvalue weighted by Crippen LogP contribution is -2.01. The molecule has 0 aliphatic heterocycles. The summed E-state index contributed by atoms with van der Waals surface area (Å²) in [7, 11) is -3.62. The first kappa shape index (κ1) is 16.3. The van der Waals surface area contributed by atoms with Crippen LogP contribution in [0.15, 0.2) is 64.0 Å². The van der Waals surface area contributed by atoms with E-state index in [0.717, 1.165) is 6.26 Å². The first-order chi connectivity index (χ1) is 11.4. The Labute approximate surface area is 137 Å². The highest BCUT2D eigenvalue weighted by molar-refractivity contribution is 7.90. The average Bonchev–Trinajstić information content (AvgIpc) is 3.00. The molecule has 0 unspecified atom stereocenters. The van der Waals surface area contributed by atoms with Crippen LogP contribution in [0.4, 0.5) is 8.78 Å². The Bertz CT molecular complexity index is 967. The van der Waals surface area contributed by atoms with Crippen LogP contribution in [0.25, 0.3) is 22.4 Å². The Balaban J connectivity index is 2.35. The molecule has 7 heteroatoms. The van der Waals surface area contributed by atoms with Crippen molar-refractivity contribution in [1.82, 2.24) is 5.16 Å². The summed E-state index contributed by atoms with van der Waals surface area (Å²) in [6, 6.07) is 14.6. The van der Waals surface area contributed by atoms with Crippen molar-refractivity contribution in [1.29, 1.82) is 0 Å². The third-order valence-electron chi connectivity index (χ3n) is 3.52. The van der Waals surface area contributed by atoms with E-state index in [1.54, 1.807) is 36.4 Å². The molecule has 1 heterocycles. The van der Waals surface area contributed by atoms with Crippen molar-refractivity contribution in [3.05, 3.63) is 60.4 Å². The molecule has 3 rings (SSSR count). The van der Waals surface area contributed by atoms with Gasteiger partial charge in [-0.15, -0.1) is 0 Å². The summed E-state index contributed by atoms with van der Waals surface area (Å²) in [5.74, 6) is -0.648. The van der Waals surface area contributed by atoms with E-state index in [1.165, 1.54) is 18.2 Å². The summed E-state index contributed by atoms with van der Waals surface area (Å²) in [6.45, 7) is 0. The zero-order chi connectivity index (χ0) is 17.3. The number of hydrogen-bond acceptors (Lipinski definition) is 4. The summed E-state index contributed by atoms with van der Waals surface area (Å²) in [4.78, 5) is -0.0488. The number of nitrogens with zero attached hydrogens (tertiary/aromatic N) is 1. The Hall–Kier alpha value is -2.54. The predicted molar refractivity (Wildman–Crippen MR) is 85.4 cm³/mol. The van der Waals surface area contributed by atoms with Crippen molar-refractivity contribution in [3.63, 3.8) is 0 Å². The normalized spacial score (nSPS) is 11.8. The molecule has 1 aromatic heterocycles. The molecule has 0 saturated carbocycles. The van der Waals surface area contributed by atoms with Crippen LogP contribution in [0.3, 0.4) is 0 Å². The fraction of sp³-hybridized carbons (Fsp3) is 0.118. The molecule has 0 radical (unpaired) electrons. The van der Waals surface area contributed by atoms with E-state index < -0.39 is 22.0 Å². The molecular formula is C17H13F2NO3S. The minimum Gasteiger partial charge on any atom is -0.354 e. The van der Waals surface area contributed by atoms with Crippen molar-refractivity contribution in [2.75, 3.05) is 6.26 Å². The van der Waals surface area contributed by atoms with Crippen molar-refractivity contribution in [2.45, 2.75) is 11.3 Å². The molecule has 4 nitrogen and oxygen atoms in total. The molecule has 0 bridgehead atoms. The molecule has 0 saturated heterocycles. The number of benzene rings is 2. The molecule has 0 spiro atoms. The quantitative estimate of drug-likeness (QED) is 0.702. The molecule has 0 aliphatic rings. The minimum atomic E-state index is -3.62. The smallest absolute Gasteiger partial charge is 0.298 e. The number of halogens is 2. The molecule has 24 heavy (non-hydrogen) atoms. The monoisotopic (exact) mass is 349 g/mol. The maximum absolute atomic E-state index is 13.4. The van der Waals surface area contributed by atoms with Gasteiger partial charge in [-0.25, -0.2) is 17.2 Å². The average molecular weight is 349 g/mol. The molecular weight excluding hydrogens is 336 g/mol. The summed E-state index contributed by atoms with van der Waals surface area (Å²) >= 11 is 0. The maximum Gasteiger partial charge on any atom is 0.298 e. The summed E-state index contributed by atoms with van der Waals surface area (Å²) in [6.07, 6.45) is -1.89. The Morgan fingerprint density at radius 1 is 1.00 bits per heavy atom. The lowest BCUT2D eigenvalue weighted by Gasteiger charge is -2.09. The van der Waals surface area contributed by atoms with Gasteiger partial charge in [-0.1, -0.05) is 53.7 Å². The second-order valence-corrected chi connectivity index (χ2v) is 7.19. The first-order valence-corrected chi connectivity index (χ1v) is 8.91. The zero-order valence-electron chi connectivity index (χ0n) is 12.6. The van der Waals surface area contributed by atoms with Crippen molar-refractivity contribution >= 4 is 9.84 Å². The molecule has 124 valence electrons. The minimum absolute atomic E-state index is 0.00257. The molecule has 0 amide bonds. The van der Waals surface area contributed by atoms with E-state index >= 15 is 0 Å². The topological polar surface area (TPSA) is 60.2 Å². The van der Waals surface area contributed by atoms with Gasteiger partial charge in [0.1, 0.15) is 5.69 Å². The molecule has 0 fully saturated rings. The first-order valence-electron chi connectivity index (χ1n) is 7.02. The lowest BCUT2D eigenvalue weighted by atomic mass is 9.99. The SMILES string of the molecule is CS(=O)(=O)c1ccccc1-c1c(-c2ccccc2)noc1C(F)F. The number of aromatic nitrogens is 1. The zero-order valence-corrected chi connectivity index (χ0v) is 13.4. The van der Waals surface area contributed by atoms with E-state index in [9.17, 15) is 17.2 Å². The van der Waals surface area contributed by atoms with E-state index in [0.29, 0.717) is 5.56 Å². The summed E-state index contributed by atoms with van der Waals surface area (Å²) in [5.41, 5.74) is 0.890. The number of sulfone groups is 1. The van der Waals surface area contributed by atoms with Gasteiger partial charge in [-0.05, 0) is 6.07 Å². The van der Waals surface area contributed by atoms with Crippen LogP contribution in [0.5, 0.6) is 0 Å². The molecule has 3 aromatic rings. The van der Waals surface area contributed by atoms with Crippen molar-refractivity contribution < 1.29 is 21.7 Å². The Morgan fingerprint density at radius 3 is 2.25 bits per heavy atom. The molecule has 0 aliphatic carbocycles. The number of alkyl halides is 2. The van der Waals surface area contributed by atoms with Crippen LogP contribution in [-0.4, -0.2) is 19.8 Å². The van der Waals surface area contributed by atoms with Gasteiger partial charge >= 0.3 is 0 Å². The summed E-state index contributed by atoms with van der Waals surface area (Å²) in [5, 5.41) is 3.76. The van der Waals surface area contributed by atoms with Crippen LogP contribution in [0.1, 0.15) is 12.2 Å². The fourth-order valence-corrected chi connectivity index (χ4v) is 3.40. The van der Waals surface area contributed by atoms with Gasteiger partial charge in [0.25, 0.3) is 6.43 Å². The highest BCUT2D eigenvalue weighted by atomic mass is 32.2. The van der Waals surface area contributed by atoms with Gasteiger partial charge in [-0.2, -0.15) is 0 Å². The standard InChI is InChI=1S/C17H13F2NO3S/c1-24(21,22)13-10-6-5-9-12(13)14-15(11-7-3-2-4-8-11)20-23-16(14)17(18)19/h2-10,17H,1H3. The van der Waals surface area contributed by atoms with Crippen LogP contribution in [0, 0.1) is 0 Å².